The van der Waals surface area contributed by atoms with Gasteiger partial charge >= 0.3 is 5.97 Å². The number of carboxylic acid groups (broad SMARTS) is 1. The minimum atomic E-state index is -1.71. The van der Waals surface area contributed by atoms with Gasteiger partial charge in [-0.2, -0.15) is 0 Å². The topological polar surface area (TPSA) is 59.4 Å². The molecule has 0 radical (unpaired) electrons. The van der Waals surface area contributed by atoms with E-state index in [-0.39, 0.29) is 10.7 Å². The third-order valence-electron chi connectivity index (χ3n) is 3.36. The quantitative estimate of drug-likeness (QED) is 0.843. The summed E-state index contributed by atoms with van der Waals surface area (Å²) >= 11 is 1.38. The van der Waals surface area contributed by atoms with Crippen LogP contribution in [0.25, 0.3) is 0 Å². The summed E-state index contributed by atoms with van der Waals surface area (Å²) in [4.78, 5) is 14.7. The lowest BCUT2D eigenvalue weighted by atomic mass is 10.2. The normalized spacial score (nSPS) is 12.7. The van der Waals surface area contributed by atoms with E-state index >= 15 is 0 Å². The van der Waals surface area contributed by atoms with Crippen LogP contribution in [0.2, 0.25) is 18.1 Å². The number of rotatable bonds is 5. The van der Waals surface area contributed by atoms with Crippen LogP contribution in [-0.2, 0) is 10.8 Å². The van der Waals surface area contributed by atoms with Crippen LogP contribution < -0.4 is 0 Å². The standard InChI is InChI=1S/C12H21NO3SSi/c1-12(2,3)18(4,5)16-7-6-10-13-9(8-17-10)11(14)15/h8H,6-7H2,1-5H3,(H,14,15). The summed E-state index contributed by atoms with van der Waals surface area (Å²) in [6, 6.07) is 0. The first-order valence-corrected chi connectivity index (χ1v) is 9.74. The Morgan fingerprint density at radius 2 is 2.11 bits per heavy atom. The summed E-state index contributed by atoms with van der Waals surface area (Å²) in [6.07, 6.45) is 0.685. The zero-order valence-corrected chi connectivity index (χ0v) is 13.4. The summed E-state index contributed by atoms with van der Waals surface area (Å²) < 4.78 is 6.03. The van der Waals surface area contributed by atoms with Crippen LogP contribution >= 0.6 is 11.3 Å². The van der Waals surface area contributed by atoms with E-state index in [1.807, 2.05) is 0 Å². The molecule has 1 aromatic heterocycles. The van der Waals surface area contributed by atoms with Gasteiger partial charge in [-0.25, -0.2) is 9.78 Å². The maximum absolute atomic E-state index is 10.7. The Bertz CT molecular complexity index is 423. The molecule has 0 aromatic carbocycles. The van der Waals surface area contributed by atoms with E-state index in [1.165, 1.54) is 11.3 Å². The monoisotopic (exact) mass is 287 g/mol. The Morgan fingerprint density at radius 1 is 1.50 bits per heavy atom. The number of aromatic carboxylic acids is 1. The van der Waals surface area contributed by atoms with Crippen molar-refractivity contribution in [3.63, 3.8) is 0 Å². The van der Waals surface area contributed by atoms with Gasteiger partial charge in [0.25, 0.3) is 0 Å². The van der Waals surface area contributed by atoms with Gasteiger partial charge in [-0.15, -0.1) is 11.3 Å². The summed E-state index contributed by atoms with van der Waals surface area (Å²) in [6.45, 7) is 11.6. The Balaban J connectivity index is 2.49. The molecular formula is C12H21NO3SSi. The van der Waals surface area contributed by atoms with Gasteiger partial charge in [0.05, 0.1) is 5.01 Å². The van der Waals surface area contributed by atoms with E-state index in [4.69, 9.17) is 9.53 Å². The van der Waals surface area contributed by atoms with Crippen molar-refractivity contribution in [2.24, 2.45) is 0 Å². The van der Waals surface area contributed by atoms with Crippen LogP contribution in [0.15, 0.2) is 5.38 Å². The third-order valence-corrected chi connectivity index (χ3v) is 8.80. The molecule has 0 fully saturated rings. The molecule has 18 heavy (non-hydrogen) atoms. The van der Waals surface area contributed by atoms with Gasteiger partial charge in [0, 0.05) is 18.4 Å². The molecule has 0 spiro atoms. The number of hydrogen-bond donors (Lipinski definition) is 1. The van der Waals surface area contributed by atoms with Crippen molar-refractivity contribution in [3.8, 4) is 0 Å². The van der Waals surface area contributed by atoms with E-state index < -0.39 is 14.3 Å². The molecule has 0 amide bonds. The lowest BCUT2D eigenvalue weighted by molar-refractivity contribution is 0.0691. The average Bonchev–Trinajstić information content (AvgIpc) is 2.64. The zero-order valence-electron chi connectivity index (χ0n) is 11.6. The van der Waals surface area contributed by atoms with Crippen LogP contribution in [0, 0.1) is 0 Å². The number of aromatic nitrogens is 1. The molecule has 0 unspecified atom stereocenters. The molecule has 0 aliphatic rings. The fourth-order valence-corrected chi connectivity index (χ4v) is 2.93. The minimum Gasteiger partial charge on any atom is -0.476 e. The van der Waals surface area contributed by atoms with Gasteiger partial charge in [0.1, 0.15) is 0 Å². The van der Waals surface area contributed by atoms with Gasteiger partial charge in [-0.1, -0.05) is 20.8 Å². The SMILES string of the molecule is CC(C)(C)[Si](C)(C)OCCc1nc(C(=O)O)cs1. The third kappa shape index (κ3) is 3.89. The fourth-order valence-electron chi connectivity index (χ4n) is 1.13. The number of thiazole rings is 1. The van der Waals surface area contributed by atoms with Crippen molar-refractivity contribution >= 4 is 25.6 Å². The number of carbonyl (C=O) groups is 1. The molecule has 0 saturated carbocycles. The highest BCUT2D eigenvalue weighted by molar-refractivity contribution is 7.09. The van der Waals surface area contributed by atoms with Gasteiger partial charge < -0.3 is 9.53 Å². The summed E-state index contributed by atoms with van der Waals surface area (Å²) in [5, 5.41) is 11.4. The molecule has 0 bridgehead atoms. The summed E-state index contributed by atoms with van der Waals surface area (Å²) in [5.74, 6) is -0.970. The number of hydrogen-bond acceptors (Lipinski definition) is 4. The Morgan fingerprint density at radius 3 is 2.56 bits per heavy atom. The van der Waals surface area contributed by atoms with Crippen LogP contribution in [-0.4, -0.2) is 31.0 Å². The van der Waals surface area contributed by atoms with Crippen molar-refractivity contribution in [2.75, 3.05) is 6.61 Å². The molecule has 0 aliphatic heterocycles. The first-order chi connectivity index (χ1) is 8.13. The molecular weight excluding hydrogens is 266 g/mol. The van der Waals surface area contributed by atoms with E-state index in [0.717, 1.165) is 5.01 Å². The summed E-state index contributed by atoms with van der Waals surface area (Å²) in [7, 11) is -1.71. The first kappa shape index (κ1) is 15.3. The smallest absolute Gasteiger partial charge is 0.355 e. The van der Waals surface area contributed by atoms with E-state index in [0.29, 0.717) is 13.0 Å². The van der Waals surface area contributed by atoms with Gasteiger partial charge in [0.15, 0.2) is 14.0 Å². The lowest BCUT2D eigenvalue weighted by Gasteiger charge is -2.36. The molecule has 1 heterocycles. The minimum absolute atomic E-state index is 0.127. The maximum atomic E-state index is 10.7. The summed E-state index contributed by atoms with van der Waals surface area (Å²) in [5.41, 5.74) is 0.127. The van der Waals surface area contributed by atoms with E-state index in [1.54, 1.807) is 5.38 Å². The molecule has 102 valence electrons. The van der Waals surface area contributed by atoms with E-state index in [9.17, 15) is 4.79 Å². The van der Waals surface area contributed by atoms with E-state index in [2.05, 4.69) is 38.8 Å². The van der Waals surface area contributed by atoms with Crippen molar-refractivity contribution in [1.29, 1.82) is 0 Å². The Hall–Kier alpha value is -0.723. The largest absolute Gasteiger partial charge is 0.476 e. The predicted molar refractivity (Wildman–Crippen MR) is 75.9 cm³/mol. The predicted octanol–water partition coefficient (Wildman–Crippen LogP) is 3.41. The van der Waals surface area contributed by atoms with Gasteiger partial charge in [-0.3, -0.25) is 0 Å². The first-order valence-electron chi connectivity index (χ1n) is 5.95. The molecule has 0 atom stereocenters. The van der Waals surface area contributed by atoms with Crippen LogP contribution in [0.3, 0.4) is 0 Å². The van der Waals surface area contributed by atoms with Crippen LogP contribution in [0.1, 0.15) is 36.3 Å². The van der Waals surface area contributed by atoms with Crippen molar-refractivity contribution in [3.05, 3.63) is 16.1 Å². The highest BCUT2D eigenvalue weighted by Crippen LogP contribution is 2.36. The second-order valence-electron chi connectivity index (χ2n) is 5.79. The zero-order chi connectivity index (χ0) is 14.0. The van der Waals surface area contributed by atoms with Crippen molar-refractivity contribution in [1.82, 2.24) is 4.98 Å². The van der Waals surface area contributed by atoms with Crippen LogP contribution in [0.4, 0.5) is 0 Å². The molecule has 1 aromatic rings. The Labute approximate surface area is 113 Å². The van der Waals surface area contributed by atoms with Gasteiger partial charge in [-0.05, 0) is 18.1 Å². The fraction of sp³-hybridized carbons (Fsp3) is 0.667. The number of nitrogens with zero attached hydrogens (tertiary/aromatic N) is 1. The number of carboxylic acids is 1. The second-order valence-corrected chi connectivity index (χ2v) is 11.5. The second kappa shape index (κ2) is 5.50. The molecule has 6 heteroatoms. The van der Waals surface area contributed by atoms with Crippen molar-refractivity contribution < 1.29 is 14.3 Å². The molecule has 4 nitrogen and oxygen atoms in total. The van der Waals surface area contributed by atoms with Crippen LogP contribution in [0.5, 0.6) is 0 Å². The lowest BCUT2D eigenvalue weighted by Crippen LogP contribution is -2.41. The average molecular weight is 287 g/mol. The molecule has 1 rings (SSSR count). The highest BCUT2D eigenvalue weighted by Gasteiger charge is 2.36. The maximum Gasteiger partial charge on any atom is 0.355 e. The highest BCUT2D eigenvalue weighted by atomic mass is 32.1. The van der Waals surface area contributed by atoms with Crippen molar-refractivity contribution in [2.45, 2.75) is 45.3 Å². The Kier molecular flexibility index (Phi) is 4.69. The molecule has 0 aliphatic carbocycles. The van der Waals surface area contributed by atoms with Gasteiger partial charge in [0.2, 0.25) is 0 Å². The molecule has 1 N–H and O–H groups in total. The molecule has 0 saturated heterocycles.